The summed E-state index contributed by atoms with van der Waals surface area (Å²) in [5.41, 5.74) is 3.05. The Morgan fingerprint density at radius 2 is 1.77 bits per heavy atom. The summed E-state index contributed by atoms with van der Waals surface area (Å²) in [5, 5.41) is 7.53. The molecule has 0 aliphatic rings. The Morgan fingerprint density at radius 3 is 2.56 bits per heavy atom. The van der Waals surface area contributed by atoms with Crippen molar-refractivity contribution < 1.29 is 14.0 Å². The fourth-order valence-corrected chi connectivity index (χ4v) is 4.33. The first-order chi connectivity index (χ1) is 19.0. The summed E-state index contributed by atoms with van der Waals surface area (Å²) in [6.45, 7) is 0. The Morgan fingerprint density at radius 1 is 0.949 bits per heavy atom. The van der Waals surface area contributed by atoms with Gasteiger partial charge in [-0.1, -0.05) is 36.4 Å². The average molecular weight is 520 g/mol. The van der Waals surface area contributed by atoms with E-state index in [9.17, 15) is 14.0 Å². The van der Waals surface area contributed by atoms with Crippen LogP contribution in [0, 0.1) is 5.82 Å². The molecule has 1 atom stereocenters. The smallest absolute Gasteiger partial charge is 0.252 e. The van der Waals surface area contributed by atoms with Crippen LogP contribution in [0.25, 0.3) is 33.3 Å². The molecule has 9 nitrogen and oxygen atoms in total. The lowest BCUT2D eigenvalue weighted by molar-refractivity contribution is -0.118. The average Bonchev–Trinajstić information content (AvgIpc) is 3.63. The molecule has 0 saturated heterocycles. The topological polar surface area (TPSA) is 128 Å². The van der Waals surface area contributed by atoms with E-state index in [-0.39, 0.29) is 18.2 Å². The number of nitrogens with zero attached hydrogens (tertiary/aromatic N) is 3. The highest BCUT2D eigenvalue weighted by Crippen LogP contribution is 2.23. The number of pyridine rings is 1. The Bertz CT molecular complexity index is 1800. The number of H-pyrrole nitrogens is 2. The number of anilines is 1. The van der Waals surface area contributed by atoms with Crippen LogP contribution in [0.2, 0.25) is 0 Å². The van der Waals surface area contributed by atoms with Crippen LogP contribution in [0.5, 0.6) is 0 Å². The zero-order valence-electron chi connectivity index (χ0n) is 20.5. The number of halogens is 1. The standard InChI is InChI=1S/C29H22FN7O2/c30-21-8-5-17(6-9-21)13-25(28(39)37-29-31-11-12-32-29)36-27(38)19-7-10-22-23(15-19)35-26(34-22)24-14-18-3-1-2-4-20(18)16-33-24/h1-12,14-16,25H,13H2,(H,34,35)(H,36,38)(H2,31,32,37,39). The number of benzene rings is 3. The highest BCUT2D eigenvalue weighted by molar-refractivity contribution is 6.02. The number of aromatic nitrogens is 5. The number of aromatic amines is 2. The Labute approximate surface area is 221 Å². The highest BCUT2D eigenvalue weighted by atomic mass is 19.1. The third-order valence-corrected chi connectivity index (χ3v) is 6.33. The van der Waals surface area contributed by atoms with E-state index >= 15 is 0 Å². The number of nitrogens with one attached hydrogen (secondary N) is 4. The summed E-state index contributed by atoms with van der Waals surface area (Å²) in [6.07, 6.45) is 5.03. The number of hydrogen-bond acceptors (Lipinski definition) is 5. The van der Waals surface area contributed by atoms with E-state index in [1.807, 2.05) is 30.3 Å². The van der Waals surface area contributed by atoms with Crippen LogP contribution in [-0.4, -0.2) is 42.8 Å². The van der Waals surface area contributed by atoms with Crippen LogP contribution < -0.4 is 10.6 Å². The number of carbonyl (C=O) groups excluding carboxylic acids is 2. The second-order valence-corrected chi connectivity index (χ2v) is 9.02. The van der Waals surface area contributed by atoms with Gasteiger partial charge in [0.15, 0.2) is 5.82 Å². The fourth-order valence-electron chi connectivity index (χ4n) is 4.33. The Balaban J connectivity index is 1.25. The molecule has 2 amide bonds. The van der Waals surface area contributed by atoms with Gasteiger partial charge in [0.05, 0.1) is 11.0 Å². The largest absolute Gasteiger partial charge is 0.340 e. The van der Waals surface area contributed by atoms with Crippen molar-refractivity contribution in [3.05, 3.63) is 108 Å². The lowest BCUT2D eigenvalue weighted by Crippen LogP contribution is -2.45. The third-order valence-electron chi connectivity index (χ3n) is 6.33. The molecule has 10 heteroatoms. The molecule has 6 rings (SSSR count). The molecule has 0 aliphatic heterocycles. The monoisotopic (exact) mass is 519 g/mol. The van der Waals surface area contributed by atoms with Gasteiger partial charge in [-0.15, -0.1) is 0 Å². The predicted octanol–water partition coefficient (Wildman–Crippen LogP) is 4.62. The van der Waals surface area contributed by atoms with Crippen LogP contribution in [0.3, 0.4) is 0 Å². The summed E-state index contributed by atoms with van der Waals surface area (Å²) >= 11 is 0. The van der Waals surface area contributed by atoms with E-state index < -0.39 is 17.9 Å². The number of rotatable bonds is 7. The van der Waals surface area contributed by atoms with Crippen molar-refractivity contribution in [3.8, 4) is 11.5 Å². The summed E-state index contributed by atoms with van der Waals surface area (Å²) in [4.78, 5) is 45.5. The highest BCUT2D eigenvalue weighted by Gasteiger charge is 2.23. The maximum atomic E-state index is 13.4. The zero-order chi connectivity index (χ0) is 26.8. The van der Waals surface area contributed by atoms with Crippen molar-refractivity contribution >= 4 is 39.6 Å². The second kappa shape index (κ2) is 10.2. The van der Waals surface area contributed by atoms with Crippen LogP contribution in [0.15, 0.2) is 91.4 Å². The zero-order valence-corrected chi connectivity index (χ0v) is 20.5. The fraction of sp³-hybridized carbons (Fsp3) is 0.0690. The maximum absolute atomic E-state index is 13.4. The van der Waals surface area contributed by atoms with Crippen molar-refractivity contribution in [1.29, 1.82) is 0 Å². The first kappa shape index (κ1) is 24.0. The van der Waals surface area contributed by atoms with Crippen molar-refractivity contribution in [1.82, 2.24) is 30.2 Å². The molecular weight excluding hydrogens is 497 g/mol. The minimum atomic E-state index is -0.942. The first-order valence-electron chi connectivity index (χ1n) is 12.2. The number of imidazole rings is 2. The van der Waals surface area contributed by atoms with Gasteiger partial charge in [-0.05, 0) is 47.3 Å². The summed E-state index contributed by atoms with van der Waals surface area (Å²) in [6, 6.07) is 19.8. The number of amides is 2. The molecule has 3 aromatic carbocycles. The molecular formula is C29H22FN7O2. The predicted molar refractivity (Wildman–Crippen MR) is 145 cm³/mol. The van der Waals surface area contributed by atoms with Gasteiger partial charge in [-0.3, -0.25) is 19.9 Å². The van der Waals surface area contributed by atoms with E-state index in [4.69, 9.17) is 0 Å². The molecule has 0 aliphatic carbocycles. The van der Waals surface area contributed by atoms with Crippen LogP contribution in [0.4, 0.5) is 10.3 Å². The third kappa shape index (κ3) is 5.21. The van der Waals surface area contributed by atoms with E-state index in [1.54, 1.807) is 42.7 Å². The molecule has 1 unspecified atom stereocenters. The summed E-state index contributed by atoms with van der Waals surface area (Å²) in [5.74, 6) is -0.452. The van der Waals surface area contributed by atoms with Gasteiger partial charge in [0.1, 0.15) is 17.6 Å². The molecule has 4 N–H and O–H groups in total. The second-order valence-electron chi connectivity index (χ2n) is 9.02. The maximum Gasteiger partial charge on any atom is 0.252 e. The van der Waals surface area contributed by atoms with E-state index in [2.05, 4.69) is 35.6 Å². The quantitative estimate of drug-likeness (QED) is 0.245. The number of hydrogen-bond donors (Lipinski definition) is 4. The molecule has 6 aromatic rings. The normalized spacial score (nSPS) is 11.9. The molecule has 192 valence electrons. The molecule has 0 radical (unpaired) electrons. The minimum absolute atomic E-state index is 0.155. The molecule has 39 heavy (non-hydrogen) atoms. The van der Waals surface area contributed by atoms with Gasteiger partial charge in [0, 0.05) is 36.0 Å². The van der Waals surface area contributed by atoms with Gasteiger partial charge < -0.3 is 15.3 Å². The summed E-state index contributed by atoms with van der Waals surface area (Å²) < 4.78 is 13.4. The van der Waals surface area contributed by atoms with E-state index in [0.717, 1.165) is 10.8 Å². The van der Waals surface area contributed by atoms with Crippen LogP contribution >= 0.6 is 0 Å². The Kier molecular flexibility index (Phi) is 6.26. The molecule has 3 heterocycles. The van der Waals surface area contributed by atoms with Gasteiger partial charge >= 0.3 is 0 Å². The summed E-state index contributed by atoms with van der Waals surface area (Å²) in [7, 11) is 0. The SMILES string of the molecule is O=C(NC(Cc1ccc(F)cc1)C(=O)Nc1ncc[nH]1)c1ccc2nc(-c3cc4ccccc4cn3)[nH]c2c1. The van der Waals surface area contributed by atoms with Crippen molar-refractivity contribution in [2.24, 2.45) is 0 Å². The van der Waals surface area contributed by atoms with Crippen molar-refractivity contribution in [2.75, 3.05) is 5.32 Å². The lowest BCUT2D eigenvalue weighted by Gasteiger charge is -2.18. The van der Waals surface area contributed by atoms with Crippen molar-refractivity contribution in [3.63, 3.8) is 0 Å². The van der Waals surface area contributed by atoms with Gasteiger partial charge in [0.25, 0.3) is 5.91 Å². The molecule has 0 bridgehead atoms. The number of carbonyl (C=O) groups is 2. The van der Waals surface area contributed by atoms with E-state index in [0.29, 0.717) is 33.7 Å². The minimum Gasteiger partial charge on any atom is -0.340 e. The molecule has 0 fully saturated rings. The number of fused-ring (bicyclic) bond motifs is 2. The van der Waals surface area contributed by atoms with Crippen molar-refractivity contribution in [2.45, 2.75) is 12.5 Å². The van der Waals surface area contributed by atoms with Gasteiger partial charge in [0.2, 0.25) is 11.9 Å². The molecule has 3 aromatic heterocycles. The Hall–Kier alpha value is -5.38. The van der Waals surface area contributed by atoms with Gasteiger partial charge in [-0.2, -0.15) is 0 Å². The van der Waals surface area contributed by atoms with Crippen LogP contribution in [0.1, 0.15) is 15.9 Å². The lowest BCUT2D eigenvalue weighted by atomic mass is 10.0. The van der Waals surface area contributed by atoms with Crippen LogP contribution in [-0.2, 0) is 11.2 Å². The van der Waals surface area contributed by atoms with Gasteiger partial charge in [-0.25, -0.2) is 14.4 Å². The molecule has 0 saturated carbocycles. The van der Waals surface area contributed by atoms with E-state index in [1.165, 1.54) is 18.3 Å². The molecule has 0 spiro atoms. The first-order valence-corrected chi connectivity index (χ1v) is 12.2.